The maximum atomic E-state index is 10.6. The Morgan fingerprint density at radius 1 is 1.82 bits per heavy atom. The molecule has 11 heavy (non-hydrogen) atoms. The fourth-order valence-corrected chi connectivity index (χ4v) is 0.717. The molecule has 0 aromatic rings. The van der Waals surface area contributed by atoms with Crippen LogP contribution < -0.4 is 5.73 Å². The second kappa shape index (κ2) is 5.56. The second-order valence-corrected chi connectivity index (χ2v) is 2.27. The first kappa shape index (κ1) is 9.78. The van der Waals surface area contributed by atoms with Crippen LogP contribution in [-0.2, 0) is 4.79 Å². The van der Waals surface area contributed by atoms with Gasteiger partial charge in [-0.3, -0.25) is 4.79 Å². The van der Waals surface area contributed by atoms with Crippen LogP contribution in [0.5, 0.6) is 0 Å². The summed E-state index contributed by atoms with van der Waals surface area (Å²) in [5.41, 5.74) is 13.0. The maximum absolute atomic E-state index is 10.6. The monoisotopic (exact) mass is 156 g/mol. The third kappa shape index (κ3) is 4.22. The summed E-state index contributed by atoms with van der Waals surface area (Å²) in [6.07, 6.45) is 2.37. The lowest BCUT2D eigenvalue weighted by molar-refractivity contribution is -0.119. The second-order valence-electron chi connectivity index (χ2n) is 2.27. The van der Waals surface area contributed by atoms with Crippen LogP contribution in [0.3, 0.4) is 0 Å². The molecule has 0 aliphatic heterocycles. The van der Waals surface area contributed by atoms with E-state index in [2.05, 4.69) is 10.0 Å². The van der Waals surface area contributed by atoms with Crippen LogP contribution >= 0.6 is 0 Å². The zero-order chi connectivity index (χ0) is 8.69. The highest BCUT2D eigenvalue weighted by atomic mass is 16.1. The number of nitrogens with zero attached hydrogens (tertiary/aromatic N) is 3. The van der Waals surface area contributed by atoms with Crippen LogP contribution in [0.1, 0.15) is 26.2 Å². The van der Waals surface area contributed by atoms with Crippen molar-refractivity contribution >= 4 is 5.91 Å². The SMILES string of the molecule is CCCCC(N=[N+]=[N-])C(N)=O. The van der Waals surface area contributed by atoms with Crippen LogP contribution in [0.25, 0.3) is 10.4 Å². The molecule has 0 saturated heterocycles. The average Bonchev–Trinajstić information content (AvgIpc) is 1.97. The van der Waals surface area contributed by atoms with Gasteiger partial charge in [-0.2, -0.15) is 0 Å². The van der Waals surface area contributed by atoms with Crippen molar-refractivity contribution in [1.82, 2.24) is 0 Å². The van der Waals surface area contributed by atoms with Crippen molar-refractivity contribution in [2.24, 2.45) is 10.8 Å². The molecule has 5 nitrogen and oxygen atoms in total. The Labute approximate surface area is 65.2 Å². The molecule has 0 heterocycles. The molecule has 1 amide bonds. The van der Waals surface area contributed by atoms with Gasteiger partial charge in [-0.25, -0.2) is 0 Å². The van der Waals surface area contributed by atoms with Gasteiger partial charge in [0.15, 0.2) is 0 Å². The third-order valence-corrected chi connectivity index (χ3v) is 1.35. The minimum Gasteiger partial charge on any atom is -0.369 e. The van der Waals surface area contributed by atoms with E-state index in [0.29, 0.717) is 6.42 Å². The smallest absolute Gasteiger partial charge is 0.226 e. The van der Waals surface area contributed by atoms with Crippen molar-refractivity contribution in [3.05, 3.63) is 10.4 Å². The molecule has 1 unspecified atom stereocenters. The van der Waals surface area contributed by atoms with E-state index in [0.717, 1.165) is 12.8 Å². The predicted molar refractivity (Wildman–Crippen MR) is 41.7 cm³/mol. The highest BCUT2D eigenvalue weighted by molar-refractivity contribution is 5.79. The van der Waals surface area contributed by atoms with Crippen molar-refractivity contribution in [3.8, 4) is 0 Å². The van der Waals surface area contributed by atoms with E-state index >= 15 is 0 Å². The van der Waals surface area contributed by atoms with E-state index in [1.54, 1.807) is 0 Å². The number of unbranched alkanes of at least 4 members (excludes halogenated alkanes) is 1. The topological polar surface area (TPSA) is 91.8 Å². The van der Waals surface area contributed by atoms with E-state index in [1.165, 1.54) is 0 Å². The molecule has 0 aromatic carbocycles. The van der Waals surface area contributed by atoms with Crippen LogP contribution in [0.4, 0.5) is 0 Å². The Bertz CT molecular complexity index is 171. The van der Waals surface area contributed by atoms with E-state index in [4.69, 9.17) is 11.3 Å². The van der Waals surface area contributed by atoms with Gasteiger partial charge < -0.3 is 5.73 Å². The Balaban J connectivity index is 3.89. The summed E-state index contributed by atoms with van der Waals surface area (Å²) >= 11 is 0. The molecule has 0 aliphatic carbocycles. The molecule has 0 radical (unpaired) electrons. The van der Waals surface area contributed by atoms with E-state index in [-0.39, 0.29) is 0 Å². The Hall–Kier alpha value is -1.22. The Kier molecular flexibility index (Phi) is 4.94. The number of carbonyl (C=O) groups excluding carboxylic acids is 1. The summed E-state index contributed by atoms with van der Waals surface area (Å²) in [6.45, 7) is 1.99. The van der Waals surface area contributed by atoms with Crippen LogP contribution in [0, 0.1) is 0 Å². The molecule has 0 fully saturated rings. The molecule has 0 aromatic heterocycles. The van der Waals surface area contributed by atoms with Crippen LogP contribution in [0.15, 0.2) is 5.11 Å². The van der Waals surface area contributed by atoms with Crippen molar-refractivity contribution in [1.29, 1.82) is 0 Å². The molecule has 0 spiro atoms. The highest BCUT2D eigenvalue weighted by Gasteiger charge is 2.11. The largest absolute Gasteiger partial charge is 0.369 e. The summed E-state index contributed by atoms with van der Waals surface area (Å²) in [7, 11) is 0. The average molecular weight is 156 g/mol. The highest BCUT2D eigenvalue weighted by Crippen LogP contribution is 2.03. The first-order valence-electron chi connectivity index (χ1n) is 3.56. The molecule has 62 valence electrons. The van der Waals surface area contributed by atoms with Crippen molar-refractivity contribution in [3.63, 3.8) is 0 Å². The summed E-state index contributed by atoms with van der Waals surface area (Å²) in [4.78, 5) is 13.1. The summed E-state index contributed by atoms with van der Waals surface area (Å²) in [5.74, 6) is -0.545. The maximum Gasteiger partial charge on any atom is 0.226 e. The van der Waals surface area contributed by atoms with E-state index < -0.39 is 11.9 Å². The van der Waals surface area contributed by atoms with Gasteiger partial charge in [-0.15, -0.1) is 0 Å². The Morgan fingerprint density at radius 3 is 2.82 bits per heavy atom. The zero-order valence-corrected chi connectivity index (χ0v) is 6.53. The van der Waals surface area contributed by atoms with Gasteiger partial charge in [0.2, 0.25) is 5.91 Å². The van der Waals surface area contributed by atoms with Crippen molar-refractivity contribution in [2.75, 3.05) is 0 Å². The summed E-state index contributed by atoms with van der Waals surface area (Å²) < 4.78 is 0. The quantitative estimate of drug-likeness (QED) is 0.363. The number of hydrogen-bond donors (Lipinski definition) is 1. The lowest BCUT2D eigenvalue weighted by Crippen LogP contribution is -2.26. The van der Waals surface area contributed by atoms with Crippen molar-refractivity contribution in [2.45, 2.75) is 32.2 Å². The number of amides is 1. The normalized spacial score (nSPS) is 11.7. The first-order chi connectivity index (χ1) is 5.22. The van der Waals surface area contributed by atoms with Crippen molar-refractivity contribution < 1.29 is 4.79 Å². The predicted octanol–water partition coefficient (Wildman–Crippen LogP) is 1.34. The number of azide groups is 1. The van der Waals surface area contributed by atoms with Gasteiger partial charge in [0.25, 0.3) is 0 Å². The fraction of sp³-hybridized carbons (Fsp3) is 0.833. The molecule has 0 bridgehead atoms. The van der Waals surface area contributed by atoms with Gasteiger partial charge in [-0.05, 0) is 12.0 Å². The third-order valence-electron chi connectivity index (χ3n) is 1.35. The molecule has 1 atom stereocenters. The molecule has 0 aliphatic rings. The van der Waals surface area contributed by atoms with E-state index in [1.807, 2.05) is 6.92 Å². The molecule has 0 rings (SSSR count). The Morgan fingerprint density at radius 2 is 2.45 bits per heavy atom. The number of carbonyl (C=O) groups is 1. The van der Waals surface area contributed by atoms with Gasteiger partial charge >= 0.3 is 0 Å². The van der Waals surface area contributed by atoms with Crippen LogP contribution in [0.2, 0.25) is 0 Å². The van der Waals surface area contributed by atoms with Gasteiger partial charge in [0.05, 0.1) is 0 Å². The van der Waals surface area contributed by atoms with Crippen LogP contribution in [-0.4, -0.2) is 11.9 Å². The molecule has 5 heteroatoms. The van der Waals surface area contributed by atoms with E-state index in [9.17, 15) is 4.79 Å². The minimum atomic E-state index is -0.667. The standard InChI is InChI=1S/C6H12N4O/c1-2-3-4-5(6(7)11)9-10-8/h5H,2-4H2,1H3,(H2,7,11). The van der Waals surface area contributed by atoms with Gasteiger partial charge in [0.1, 0.15) is 6.04 Å². The zero-order valence-electron chi connectivity index (χ0n) is 6.53. The minimum absolute atomic E-state index is 0.545. The van der Waals surface area contributed by atoms with Gasteiger partial charge in [0, 0.05) is 4.91 Å². The number of rotatable bonds is 5. The lowest BCUT2D eigenvalue weighted by Gasteiger charge is -2.03. The first-order valence-corrected chi connectivity index (χ1v) is 3.56. The molecule has 2 N–H and O–H groups in total. The summed E-state index contributed by atoms with van der Waals surface area (Å²) in [6, 6.07) is -0.667. The number of hydrogen-bond acceptors (Lipinski definition) is 2. The van der Waals surface area contributed by atoms with Gasteiger partial charge in [-0.1, -0.05) is 24.9 Å². The lowest BCUT2D eigenvalue weighted by atomic mass is 10.1. The molecular weight excluding hydrogens is 144 g/mol. The number of nitrogens with two attached hydrogens (primary N) is 1. The molecule has 0 saturated carbocycles. The molecular formula is C6H12N4O. The fourth-order valence-electron chi connectivity index (χ4n) is 0.717. The summed E-state index contributed by atoms with van der Waals surface area (Å²) in [5, 5.41) is 3.27. The number of primary amides is 1.